The second kappa shape index (κ2) is 3.20. The van der Waals surface area contributed by atoms with Crippen molar-refractivity contribution in [1.82, 2.24) is 5.32 Å². The third-order valence-corrected chi connectivity index (χ3v) is 1.09. The van der Waals surface area contributed by atoms with Gasteiger partial charge in [0.05, 0.1) is 6.42 Å². The fourth-order valence-electron chi connectivity index (χ4n) is 0.835. The van der Waals surface area contributed by atoms with Gasteiger partial charge in [0.1, 0.15) is 0 Å². The van der Waals surface area contributed by atoms with Crippen LogP contribution in [0.1, 0.15) is 20.3 Å². The predicted molar refractivity (Wildman–Crippen MR) is 35.9 cm³/mol. The summed E-state index contributed by atoms with van der Waals surface area (Å²) in [6.07, 6.45) is -6.98. The summed E-state index contributed by atoms with van der Waals surface area (Å²) < 4.78 is 35.3. The number of rotatable bonds is 2. The molecule has 0 saturated heterocycles. The van der Waals surface area contributed by atoms with E-state index in [0.717, 1.165) is 0 Å². The number of hydrogen-bond acceptors (Lipinski definition) is 1. The van der Waals surface area contributed by atoms with Crippen molar-refractivity contribution >= 4 is 6.09 Å². The number of hydrogen-bond donors (Lipinski definition) is 2. The maximum Gasteiger partial charge on any atom is 0.405 e. The molecule has 0 radical (unpaired) electrons. The first-order chi connectivity index (χ1) is 5.12. The van der Waals surface area contributed by atoms with Crippen LogP contribution in [0.4, 0.5) is 18.0 Å². The van der Waals surface area contributed by atoms with Crippen molar-refractivity contribution in [3.63, 3.8) is 0 Å². The van der Waals surface area contributed by atoms with Gasteiger partial charge in [-0.3, -0.25) is 0 Å². The molecule has 0 heterocycles. The number of nitrogens with one attached hydrogen (secondary N) is 1. The van der Waals surface area contributed by atoms with E-state index in [9.17, 15) is 18.0 Å². The Balaban J connectivity index is 4.13. The van der Waals surface area contributed by atoms with E-state index in [-0.39, 0.29) is 0 Å². The Morgan fingerprint density at radius 3 is 2.08 bits per heavy atom. The molecule has 0 aliphatic rings. The molecule has 0 bridgehead atoms. The van der Waals surface area contributed by atoms with E-state index >= 15 is 0 Å². The normalized spacial score (nSPS) is 12.8. The molecule has 0 saturated carbocycles. The molecule has 0 aromatic rings. The molecule has 0 aromatic carbocycles. The van der Waals surface area contributed by atoms with Crippen LogP contribution < -0.4 is 5.32 Å². The smallest absolute Gasteiger partial charge is 0.405 e. The van der Waals surface area contributed by atoms with Crippen molar-refractivity contribution in [2.45, 2.75) is 32.0 Å². The monoisotopic (exact) mass is 185 g/mol. The van der Waals surface area contributed by atoms with Crippen LogP contribution in [-0.2, 0) is 0 Å². The zero-order valence-electron chi connectivity index (χ0n) is 6.70. The first-order valence-corrected chi connectivity index (χ1v) is 3.20. The van der Waals surface area contributed by atoms with E-state index in [0.29, 0.717) is 0 Å². The van der Waals surface area contributed by atoms with Crippen molar-refractivity contribution in [3.05, 3.63) is 0 Å². The second-order valence-electron chi connectivity index (χ2n) is 3.11. The third kappa shape index (κ3) is 5.82. The molecule has 3 nitrogen and oxygen atoms in total. The lowest BCUT2D eigenvalue weighted by Crippen LogP contribution is -2.45. The quantitative estimate of drug-likeness (QED) is 0.691. The van der Waals surface area contributed by atoms with Crippen LogP contribution in [0.15, 0.2) is 0 Å². The molecule has 72 valence electrons. The SMILES string of the molecule is CC(C)(CC(F)(F)F)NC(=O)O. The van der Waals surface area contributed by atoms with Crippen molar-refractivity contribution in [2.75, 3.05) is 0 Å². The van der Waals surface area contributed by atoms with Gasteiger partial charge in [0.2, 0.25) is 0 Å². The van der Waals surface area contributed by atoms with Gasteiger partial charge in [-0.25, -0.2) is 4.79 Å². The number of carboxylic acid groups (broad SMARTS) is 1. The van der Waals surface area contributed by atoms with Gasteiger partial charge in [0.15, 0.2) is 0 Å². The summed E-state index contributed by atoms with van der Waals surface area (Å²) in [4.78, 5) is 10.0. The van der Waals surface area contributed by atoms with Gasteiger partial charge in [0.25, 0.3) is 0 Å². The molecule has 0 rings (SSSR count). The highest BCUT2D eigenvalue weighted by molar-refractivity contribution is 5.65. The molecule has 2 N–H and O–H groups in total. The molecule has 0 atom stereocenters. The maximum absolute atomic E-state index is 11.8. The molecule has 0 aliphatic carbocycles. The van der Waals surface area contributed by atoms with Crippen molar-refractivity contribution < 1.29 is 23.1 Å². The fourth-order valence-corrected chi connectivity index (χ4v) is 0.835. The molecular weight excluding hydrogens is 175 g/mol. The number of halogens is 3. The van der Waals surface area contributed by atoms with Gasteiger partial charge in [-0.05, 0) is 13.8 Å². The summed E-state index contributed by atoms with van der Waals surface area (Å²) in [6, 6.07) is 0. The van der Waals surface area contributed by atoms with E-state index in [1.165, 1.54) is 13.8 Å². The fraction of sp³-hybridized carbons (Fsp3) is 0.833. The molecule has 0 aromatic heterocycles. The molecule has 0 fully saturated rings. The zero-order valence-corrected chi connectivity index (χ0v) is 6.70. The van der Waals surface area contributed by atoms with Gasteiger partial charge < -0.3 is 10.4 Å². The Morgan fingerprint density at radius 1 is 1.42 bits per heavy atom. The highest BCUT2D eigenvalue weighted by Gasteiger charge is 2.37. The van der Waals surface area contributed by atoms with Crippen LogP contribution in [-0.4, -0.2) is 22.9 Å². The first kappa shape index (κ1) is 11.1. The molecule has 1 amide bonds. The molecule has 12 heavy (non-hydrogen) atoms. The number of carbonyl (C=O) groups is 1. The summed E-state index contributed by atoms with van der Waals surface area (Å²) in [7, 11) is 0. The van der Waals surface area contributed by atoms with Crippen LogP contribution in [0, 0.1) is 0 Å². The topological polar surface area (TPSA) is 49.3 Å². The number of alkyl halides is 3. The largest absolute Gasteiger partial charge is 0.465 e. The van der Waals surface area contributed by atoms with Crippen LogP contribution in [0.25, 0.3) is 0 Å². The molecule has 0 aliphatic heterocycles. The minimum atomic E-state index is -4.36. The summed E-state index contributed by atoms with van der Waals surface area (Å²) in [5, 5.41) is 9.94. The summed E-state index contributed by atoms with van der Waals surface area (Å²) in [5.74, 6) is 0. The first-order valence-electron chi connectivity index (χ1n) is 3.20. The highest BCUT2D eigenvalue weighted by Crippen LogP contribution is 2.26. The van der Waals surface area contributed by atoms with Gasteiger partial charge in [-0.15, -0.1) is 0 Å². The lowest BCUT2D eigenvalue weighted by atomic mass is 10.0. The lowest BCUT2D eigenvalue weighted by molar-refractivity contribution is -0.146. The van der Waals surface area contributed by atoms with Crippen LogP contribution >= 0.6 is 0 Å². The van der Waals surface area contributed by atoms with Crippen molar-refractivity contribution in [1.29, 1.82) is 0 Å². The molecule has 0 spiro atoms. The van der Waals surface area contributed by atoms with Gasteiger partial charge in [-0.2, -0.15) is 13.2 Å². The summed E-state index contributed by atoms with van der Waals surface area (Å²) in [6.45, 7) is 2.35. The summed E-state index contributed by atoms with van der Waals surface area (Å²) in [5.41, 5.74) is -1.47. The van der Waals surface area contributed by atoms with E-state index in [1.54, 1.807) is 5.32 Å². The Labute approximate surface area is 67.6 Å². The predicted octanol–water partition coefficient (Wildman–Crippen LogP) is 1.99. The van der Waals surface area contributed by atoms with Crippen LogP contribution in [0.5, 0.6) is 0 Å². The average Bonchev–Trinajstić information content (AvgIpc) is 1.48. The van der Waals surface area contributed by atoms with Crippen molar-refractivity contribution in [3.8, 4) is 0 Å². The molecule has 6 heteroatoms. The second-order valence-corrected chi connectivity index (χ2v) is 3.11. The zero-order chi connectivity index (χ0) is 9.99. The van der Waals surface area contributed by atoms with E-state index in [4.69, 9.17) is 5.11 Å². The summed E-state index contributed by atoms with van der Waals surface area (Å²) >= 11 is 0. The van der Waals surface area contributed by atoms with Gasteiger partial charge in [-0.1, -0.05) is 0 Å². The lowest BCUT2D eigenvalue weighted by Gasteiger charge is -2.25. The average molecular weight is 185 g/mol. The van der Waals surface area contributed by atoms with Gasteiger partial charge >= 0.3 is 12.3 Å². The van der Waals surface area contributed by atoms with Crippen LogP contribution in [0.3, 0.4) is 0 Å². The standard InChI is InChI=1S/C6H10F3NO2/c1-5(2,10-4(11)12)3-6(7,8)9/h10H,3H2,1-2H3,(H,11,12). The Kier molecular flexibility index (Phi) is 2.95. The minimum Gasteiger partial charge on any atom is -0.465 e. The third-order valence-electron chi connectivity index (χ3n) is 1.09. The van der Waals surface area contributed by atoms with Crippen LogP contribution in [0.2, 0.25) is 0 Å². The van der Waals surface area contributed by atoms with E-state index in [1.807, 2.05) is 0 Å². The van der Waals surface area contributed by atoms with Gasteiger partial charge in [0, 0.05) is 5.54 Å². The highest BCUT2D eigenvalue weighted by atomic mass is 19.4. The van der Waals surface area contributed by atoms with Crippen molar-refractivity contribution in [2.24, 2.45) is 0 Å². The van der Waals surface area contributed by atoms with E-state index in [2.05, 4.69) is 0 Å². The number of amides is 1. The minimum absolute atomic E-state index is 1.17. The molecular formula is C6H10F3NO2. The van der Waals surface area contributed by atoms with E-state index < -0.39 is 24.2 Å². The Bertz CT molecular complexity index is 176. The molecule has 0 unspecified atom stereocenters. The Hall–Kier alpha value is -0.940. The maximum atomic E-state index is 11.8. The Morgan fingerprint density at radius 2 is 1.83 bits per heavy atom.